The van der Waals surface area contributed by atoms with Crippen LogP contribution < -0.4 is 4.74 Å². The van der Waals surface area contributed by atoms with Gasteiger partial charge in [-0.2, -0.15) is 0 Å². The highest BCUT2D eigenvalue weighted by atomic mass is 16.5. The summed E-state index contributed by atoms with van der Waals surface area (Å²) in [6, 6.07) is 8.89. The predicted molar refractivity (Wildman–Crippen MR) is 54.6 cm³/mol. The summed E-state index contributed by atoms with van der Waals surface area (Å²) in [4.78, 5) is 10.7. The zero-order chi connectivity index (χ0) is 11.3. The maximum atomic E-state index is 10.7. The first-order chi connectivity index (χ1) is 7.11. The number of rotatable bonds is 5. The average molecular weight is 210 g/mol. The van der Waals surface area contributed by atoms with Gasteiger partial charge in [-0.05, 0) is 19.1 Å². The summed E-state index contributed by atoms with van der Waals surface area (Å²) in [5, 5.41) is 18.5. The number of aliphatic hydroxyl groups excluding tert-OH is 2. The second-order valence-corrected chi connectivity index (χ2v) is 3.25. The molecule has 15 heavy (non-hydrogen) atoms. The van der Waals surface area contributed by atoms with E-state index in [1.165, 1.54) is 6.92 Å². The molecule has 2 unspecified atom stereocenters. The van der Waals surface area contributed by atoms with E-state index in [9.17, 15) is 15.0 Å². The average Bonchev–Trinajstić information content (AvgIpc) is 2.26. The molecule has 0 aromatic heterocycles. The molecule has 4 nitrogen and oxygen atoms in total. The lowest BCUT2D eigenvalue weighted by Gasteiger charge is -2.15. The Labute approximate surface area is 88.1 Å². The number of ketones is 1. The van der Waals surface area contributed by atoms with Crippen LogP contribution in [0.25, 0.3) is 0 Å². The molecule has 1 aromatic rings. The molecule has 1 aromatic carbocycles. The van der Waals surface area contributed by atoms with Crippen LogP contribution in [0.2, 0.25) is 0 Å². The number of Topliss-reactive ketones (excluding diaryl/α,β-unsaturated/α-hetero) is 1. The van der Waals surface area contributed by atoms with Crippen molar-refractivity contribution in [2.45, 2.75) is 19.1 Å². The van der Waals surface area contributed by atoms with Crippen LogP contribution in [0.3, 0.4) is 0 Å². The normalized spacial score (nSPS) is 14.3. The Morgan fingerprint density at radius 1 is 1.33 bits per heavy atom. The third-order valence-corrected chi connectivity index (χ3v) is 1.94. The number of para-hydroxylation sites is 1. The number of carbonyl (C=O) groups excluding carboxylic acids is 1. The quantitative estimate of drug-likeness (QED) is 0.737. The number of carbonyl (C=O) groups is 1. The topological polar surface area (TPSA) is 66.8 Å². The SMILES string of the molecule is CC(=O)C(O)C(O)COc1ccccc1. The van der Waals surface area contributed by atoms with Crippen molar-refractivity contribution in [3.05, 3.63) is 30.3 Å². The molecule has 2 N–H and O–H groups in total. The molecule has 0 saturated heterocycles. The van der Waals surface area contributed by atoms with Crippen molar-refractivity contribution in [2.75, 3.05) is 6.61 Å². The van der Waals surface area contributed by atoms with Gasteiger partial charge in [-0.15, -0.1) is 0 Å². The van der Waals surface area contributed by atoms with Crippen LogP contribution in [0, 0.1) is 0 Å². The van der Waals surface area contributed by atoms with Gasteiger partial charge in [0.15, 0.2) is 5.78 Å². The van der Waals surface area contributed by atoms with E-state index in [1.807, 2.05) is 6.07 Å². The van der Waals surface area contributed by atoms with Crippen molar-refractivity contribution >= 4 is 5.78 Å². The van der Waals surface area contributed by atoms with Crippen LogP contribution in [0.5, 0.6) is 5.75 Å². The lowest BCUT2D eigenvalue weighted by molar-refractivity contribution is -0.131. The number of aliphatic hydroxyl groups is 2. The minimum atomic E-state index is -1.38. The first-order valence-electron chi connectivity index (χ1n) is 4.65. The minimum absolute atomic E-state index is 0.106. The van der Waals surface area contributed by atoms with Crippen LogP contribution in [0.4, 0.5) is 0 Å². The number of benzene rings is 1. The second kappa shape index (κ2) is 5.48. The summed E-state index contributed by atoms with van der Waals surface area (Å²) in [7, 11) is 0. The Kier molecular flexibility index (Phi) is 4.27. The molecule has 1 rings (SSSR count). The van der Waals surface area contributed by atoms with Gasteiger partial charge >= 0.3 is 0 Å². The summed E-state index contributed by atoms with van der Waals surface area (Å²) < 4.78 is 5.18. The molecule has 2 atom stereocenters. The highest BCUT2D eigenvalue weighted by Gasteiger charge is 2.20. The van der Waals surface area contributed by atoms with E-state index in [0.29, 0.717) is 5.75 Å². The molecular formula is C11H14O4. The van der Waals surface area contributed by atoms with E-state index in [0.717, 1.165) is 0 Å². The molecular weight excluding hydrogens is 196 g/mol. The van der Waals surface area contributed by atoms with Crippen molar-refractivity contribution < 1.29 is 19.7 Å². The molecule has 0 aliphatic heterocycles. The van der Waals surface area contributed by atoms with E-state index in [2.05, 4.69) is 0 Å². The van der Waals surface area contributed by atoms with Crippen LogP contribution in [0.1, 0.15) is 6.92 Å². The molecule has 0 aliphatic carbocycles. The van der Waals surface area contributed by atoms with E-state index < -0.39 is 18.0 Å². The van der Waals surface area contributed by atoms with Crippen LogP contribution >= 0.6 is 0 Å². The van der Waals surface area contributed by atoms with Gasteiger partial charge in [0.1, 0.15) is 24.6 Å². The van der Waals surface area contributed by atoms with Gasteiger partial charge in [-0.3, -0.25) is 4.79 Å². The maximum absolute atomic E-state index is 10.7. The van der Waals surface area contributed by atoms with Crippen LogP contribution in [0.15, 0.2) is 30.3 Å². The van der Waals surface area contributed by atoms with E-state index in [-0.39, 0.29) is 6.61 Å². The molecule has 0 heterocycles. The third-order valence-electron chi connectivity index (χ3n) is 1.94. The van der Waals surface area contributed by atoms with Crippen molar-refractivity contribution in [3.63, 3.8) is 0 Å². The molecule has 0 bridgehead atoms. The maximum Gasteiger partial charge on any atom is 0.161 e. The van der Waals surface area contributed by atoms with E-state index >= 15 is 0 Å². The Balaban J connectivity index is 2.41. The predicted octanol–water partition coefficient (Wildman–Crippen LogP) is 0.376. The first-order valence-corrected chi connectivity index (χ1v) is 4.65. The van der Waals surface area contributed by atoms with Crippen molar-refractivity contribution in [1.82, 2.24) is 0 Å². The van der Waals surface area contributed by atoms with Gasteiger partial charge in [-0.25, -0.2) is 0 Å². The minimum Gasteiger partial charge on any atom is -0.491 e. The number of hydrogen-bond donors (Lipinski definition) is 2. The zero-order valence-electron chi connectivity index (χ0n) is 8.46. The van der Waals surface area contributed by atoms with Crippen LogP contribution in [-0.2, 0) is 4.79 Å². The van der Waals surface area contributed by atoms with Crippen molar-refractivity contribution in [1.29, 1.82) is 0 Å². The van der Waals surface area contributed by atoms with Crippen LogP contribution in [-0.4, -0.2) is 34.8 Å². The van der Waals surface area contributed by atoms with Crippen molar-refractivity contribution in [3.8, 4) is 5.75 Å². The molecule has 0 aliphatic rings. The van der Waals surface area contributed by atoms with Crippen molar-refractivity contribution in [2.24, 2.45) is 0 Å². The second-order valence-electron chi connectivity index (χ2n) is 3.25. The Morgan fingerprint density at radius 3 is 2.47 bits per heavy atom. The van der Waals surface area contributed by atoms with Gasteiger partial charge in [-0.1, -0.05) is 18.2 Å². The Morgan fingerprint density at radius 2 is 1.93 bits per heavy atom. The monoisotopic (exact) mass is 210 g/mol. The molecule has 0 spiro atoms. The third kappa shape index (κ3) is 3.69. The summed E-state index contributed by atoms with van der Waals surface area (Å²) in [5.74, 6) is 0.117. The lowest BCUT2D eigenvalue weighted by Crippen LogP contribution is -2.36. The van der Waals surface area contributed by atoms with E-state index in [4.69, 9.17) is 4.74 Å². The Hall–Kier alpha value is -1.39. The lowest BCUT2D eigenvalue weighted by atomic mass is 10.1. The fraction of sp³-hybridized carbons (Fsp3) is 0.364. The first kappa shape index (κ1) is 11.7. The van der Waals surface area contributed by atoms with Gasteiger partial charge in [0.2, 0.25) is 0 Å². The summed E-state index contributed by atoms with van der Waals surface area (Å²) in [5.41, 5.74) is 0. The molecule has 0 saturated carbocycles. The van der Waals surface area contributed by atoms with E-state index in [1.54, 1.807) is 24.3 Å². The van der Waals surface area contributed by atoms with Gasteiger partial charge in [0, 0.05) is 0 Å². The molecule has 0 fully saturated rings. The largest absolute Gasteiger partial charge is 0.491 e. The van der Waals surface area contributed by atoms with Gasteiger partial charge in [0.05, 0.1) is 0 Å². The summed E-state index contributed by atoms with van der Waals surface area (Å²) in [6.07, 6.45) is -2.57. The highest BCUT2D eigenvalue weighted by molar-refractivity contribution is 5.80. The number of hydrogen-bond acceptors (Lipinski definition) is 4. The standard InChI is InChI=1S/C11H14O4/c1-8(12)11(14)10(13)7-15-9-5-3-2-4-6-9/h2-6,10-11,13-14H,7H2,1H3. The fourth-order valence-corrected chi connectivity index (χ4v) is 1.06. The molecule has 82 valence electrons. The fourth-order valence-electron chi connectivity index (χ4n) is 1.06. The molecule has 0 amide bonds. The number of ether oxygens (including phenoxy) is 1. The zero-order valence-corrected chi connectivity index (χ0v) is 8.46. The molecule has 0 radical (unpaired) electrons. The Bertz CT molecular complexity index is 310. The molecule has 4 heteroatoms. The smallest absolute Gasteiger partial charge is 0.161 e. The summed E-state index contributed by atoms with van der Waals surface area (Å²) >= 11 is 0. The highest BCUT2D eigenvalue weighted by Crippen LogP contribution is 2.09. The van der Waals surface area contributed by atoms with Gasteiger partial charge in [0.25, 0.3) is 0 Å². The summed E-state index contributed by atoms with van der Waals surface area (Å²) in [6.45, 7) is 1.11. The van der Waals surface area contributed by atoms with Gasteiger partial charge < -0.3 is 14.9 Å².